The molecule has 1 N–H and O–H groups in total. The van der Waals surface area contributed by atoms with Crippen LogP contribution in [0.3, 0.4) is 0 Å². The Morgan fingerprint density at radius 3 is 2.29 bits per heavy atom. The molecule has 1 heterocycles. The third-order valence-electron chi connectivity index (χ3n) is 6.94. The Morgan fingerprint density at radius 2 is 1.77 bits per heavy atom. The first-order valence-corrected chi connectivity index (χ1v) is 11.7. The van der Waals surface area contributed by atoms with E-state index < -0.39 is 35.0 Å². The SMILES string of the molecule is CC(C)(C)C1=CCC([C@H]2C[C@@H](CC(=O)O)CCN2Cc2cc(C(F)(F)F)ccc2C(F)(F)F)C=C1. The van der Waals surface area contributed by atoms with Gasteiger partial charge in [-0.05, 0) is 72.4 Å². The number of rotatable bonds is 5. The average Bonchev–Trinajstić information content (AvgIpc) is 2.72. The van der Waals surface area contributed by atoms with E-state index in [0.717, 1.165) is 5.57 Å². The fourth-order valence-electron chi connectivity index (χ4n) is 5.07. The van der Waals surface area contributed by atoms with Gasteiger partial charge in [-0.2, -0.15) is 26.3 Å². The molecule has 35 heavy (non-hydrogen) atoms. The molecule has 1 aromatic carbocycles. The van der Waals surface area contributed by atoms with Crippen LogP contribution in [-0.4, -0.2) is 28.6 Å². The van der Waals surface area contributed by atoms with Gasteiger partial charge in [0.1, 0.15) is 0 Å². The quantitative estimate of drug-likeness (QED) is 0.428. The predicted molar refractivity (Wildman–Crippen MR) is 120 cm³/mol. The number of carboxylic acid groups (broad SMARTS) is 1. The number of carbonyl (C=O) groups is 1. The van der Waals surface area contributed by atoms with Crippen molar-refractivity contribution >= 4 is 5.97 Å². The van der Waals surface area contributed by atoms with Crippen molar-refractivity contribution in [2.45, 2.75) is 71.4 Å². The third kappa shape index (κ3) is 6.90. The Bertz CT molecular complexity index is 987. The van der Waals surface area contributed by atoms with Gasteiger partial charge in [-0.15, -0.1) is 0 Å². The standard InChI is InChI=1S/C26H31F6NO2/c1-24(2,3)19-6-4-17(5-7-19)22-12-16(13-23(34)35)10-11-33(22)15-18-14-20(25(27,28)29)8-9-21(18)26(30,31)32/h4,6-9,14,16-17,22H,5,10-13,15H2,1-3H3,(H,34,35)/t16-,17?,22+/m0/s1. The lowest BCUT2D eigenvalue weighted by Crippen LogP contribution is -2.46. The molecule has 0 amide bonds. The topological polar surface area (TPSA) is 40.5 Å². The molecule has 2 aliphatic rings. The molecule has 1 aliphatic heterocycles. The number of hydrogen-bond acceptors (Lipinski definition) is 2. The minimum absolute atomic E-state index is 0.0405. The summed E-state index contributed by atoms with van der Waals surface area (Å²) in [6.07, 6.45) is -1.92. The van der Waals surface area contributed by atoms with Crippen molar-refractivity contribution in [2.75, 3.05) is 6.54 Å². The average molecular weight is 504 g/mol. The molecule has 3 rings (SSSR count). The number of nitrogens with zero attached hydrogens (tertiary/aromatic N) is 1. The van der Waals surface area contributed by atoms with E-state index in [-0.39, 0.29) is 36.3 Å². The van der Waals surface area contributed by atoms with Crippen LogP contribution >= 0.6 is 0 Å². The van der Waals surface area contributed by atoms with Crippen LogP contribution in [0.2, 0.25) is 0 Å². The highest BCUT2D eigenvalue weighted by atomic mass is 19.4. The van der Waals surface area contributed by atoms with Gasteiger partial charge in [0.05, 0.1) is 11.1 Å². The number of benzene rings is 1. The molecule has 0 radical (unpaired) electrons. The summed E-state index contributed by atoms with van der Waals surface area (Å²) in [5, 5.41) is 9.25. The molecule has 194 valence electrons. The zero-order chi connectivity index (χ0) is 26.2. The molecular weight excluding hydrogens is 472 g/mol. The summed E-state index contributed by atoms with van der Waals surface area (Å²) in [6.45, 7) is 6.25. The molecule has 1 unspecified atom stereocenters. The molecular formula is C26H31F6NO2. The molecule has 1 fully saturated rings. The first-order valence-electron chi connectivity index (χ1n) is 11.7. The maximum absolute atomic E-state index is 13.7. The molecule has 0 bridgehead atoms. The number of halogens is 6. The van der Waals surface area contributed by atoms with Gasteiger partial charge in [0.2, 0.25) is 0 Å². The molecule has 9 heteroatoms. The number of allylic oxidation sites excluding steroid dienone is 3. The Hall–Kier alpha value is -2.29. The van der Waals surface area contributed by atoms with E-state index in [1.165, 1.54) is 0 Å². The molecule has 1 aromatic rings. The van der Waals surface area contributed by atoms with E-state index in [1.807, 2.05) is 12.2 Å². The first kappa shape index (κ1) is 27.3. The lowest BCUT2D eigenvalue weighted by molar-refractivity contribution is -0.142. The Morgan fingerprint density at radius 1 is 1.09 bits per heavy atom. The minimum Gasteiger partial charge on any atom is -0.481 e. The molecule has 1 saturated heterocycles. The van der Waals surface area contributed by atoms with Gasteiger partial charge in [0.15, 0.2) is 0 Å². The highest BCUT2D eigenvalue weighted by Crippen LogP contribution is 2.40. The lowest BCUT2D eigenvalue weighted by Gasteiger charge is -2.43. The number of aliphatic carboxylic acids is 1. The maximum atomic E-state index is 13.7. The smallest absolute Gasteiger partial charge is 0.416 e. The molecule has 3 nitrogen and oxygen atoms in total. The summed E-state index contributed by atoms with van der Waals surface area (Å²) in [6, 6.07) is 1.28. The van der Waals surface area contributed by atoms with E-state index in [2.05, 4.69) is 26.8 Å². The molecule has 0 spiro atoms. The van der Waals surface area contributed by atoms with Crippen molar-refractivity contribution in [3.8, 4) is 0 Å². The Labute approximate surface area is 201 Å². The maximum Gasteiger partial charge on any atom is 0.416 e. The van der Waals surface area contributed by atoms with Gasteiger partial charge in [-0.25, -0.2) is 0 Å². The van der Waals surface area contributed by atoms with Crippen LogP contribution < -0.4 is 0 Å². The van der Waals surface area contributed by atoms with Gasteiger partial charge < -0.3 is 5.11 Å². The van der Waals surface area contributed by atoms with Crippen molar-refractivity contribution in [3.63, 3.8) is 0 Å². The monoisotopic (exact) mass is 503 g/mol. The van der Waals surface area contributed by atoms with E-state index in [9.17, 15) is 36.2 Å². The number of carboxylic acids is 1. The molecule has 3 atom stereocenters. The van der Waals surface area contributed by atoms with Crippen molar-refractivity contribution < 1.29 is 36.2 Å². The van der Waals surface area contributed by atoms with E-state index in [1.54, 1.807) is 4.90 Å². The fraction of sp³-hybridized carbons (Fsp3) is 0.577. The van der Waals surface area contributed by atoms with Crippen LogP contribution in [0.25, 0.3) is 0 Å². The van der Waals surface area contributed by atoms with Crippen LogP contribution in [0.1, 0.15) is 63.1 Å². The highest BCUT2D eigenvalue weighted by molar-refractivity contribution is 5.67. The lowest BCUT2D eigenvalue weighted by atomic mass is 9.76. The van der Waals surface area contributed by atoms with Crippen LogP contribution in [-0.2, 0) is 23.7 Å². The van der Waals surface area contributed by atoms with E-state index in [0.29, 0.717) is 44.0 Å². The number of hydrogen-bond donors (Lipinski definition) is 1. The van der Waals surface area contributed by atoms with Gasteiger partial charge in [0, 0.05) is 19.0 Å². The van der Waals surface area contributed by atoms with Crippen LogP contribution in [0, 0.1) is 17.3 Å². The Kier molecular flexibility index (Phi) is 7.79. The van der Waals surface area contributed by atoms with Gasteiger partial charge in [-0.1, -0.05) is 39.0 Å². The van der Waals surface area contributed by atoms with Crippen LogP contribution in [0.5, 0.6) is 0 Å². The summed E-state index contributed by atoms with van der Waals surface area (Å²) in [5.74, 6) is -1.15. The van der Waals surface area contributed by atoms with Gasteiger partial charge >= 0.3 is 18.3 Å². The second kappa shape index (κ2) is 9.99. The van der Waals surface area contributed by atoms with Crippen molar-refractivity contribution in [1.29, 1.82) is 0 Å². The summed E-state index contributed by atoms with van der Waals surface area (Å²) in [5.41, 5.74) is -1.55. The van der Waals surface area contributed by atoms with Crippen LogP contribution in [0.15, 0.2) is 42.0 Å². The highest BCUT2D eigenvalue weighted by Gasteiger charge is 2.39. The van der Waals surface area contributed by atoms with E-state index in [4.69, 9.17) is 0 Å². The second-order valence-electron chi connectivity index (χ2n) is 10.6. The van der Waals surface area contributed by atoms with E-state index >= 15 is 0 Å². The number of alkyl halides is 6. The Balaban J connectivity index is 1.93. The largest absolute Gasteiger partial charge is 0.481 e. The predicted octanol–water partition coefficient (Wildman–Crippen LogP) is 7.33. The van der Waals surface area contributed by atoms with Crippen molar-refractivity contribution in [1.82, 2.24) is 4.90 Å². The van der Waals surface area contributed by atoms with Crippen molar-refractivity contribution in [3.05, 3.63) is 58.7 Å². The zero-order valence-corrected chi connectivity index (χ0v) is 20.0. The molecule has 0 aromatic heterocycles. The second-order valence-corrected chi connectivity index (χ2v) is 10.6. The third-order valence-corrected chi connectivity index (χ3v) is 6.94. The summed E-state index contributed by atoms with van der Waals surface area (Å²) < 4.78 is 80.8. The van der Waals surface area contributed by atoms with Gasteiger partial charge in [-0.3, -0.25) is 9.69 Å². The molecule has 0 saturated carbocycles. The van der Waals surface area contributed by atoms with Gasteiger partial charge in [0.25, 0.3) is 0 Å². The zero-order valence-electron chi connectivity index (χ0n) is 20.0. The number of likely N-dealkylation sites (tertiary alicyclic amines) is 1. The summed E-state index contributed by atoms with van der Waals surface area (Å²) in [4.78, 5) is 13.1. The summed E-state index contributed by atoms with van der Waals surface area (Å²) in [7, 11) is 0. The number of piperidine rings is 1. The van der Waals surface area contributed by atoms with Crippen LogP contribution in [0.4, 0.5) is 26.3 Å². The first-order chi connectivity index (χ1) is 16.1. The normalized spacial score (nSPS) is 24.4. The summed E-state index contributed by atoms with van der Waals surface area (Å²) >= 11 is 0. The molecule has 1 aliphatic carbocycles. The van der Waals surface area contributed by atoms with Crippen molar-refractivity contribution in [2.24, 2.45) is 17.3 Å². The minimum atomic E-state index is -4.79. The fourth-order valence-corrected chi connectivity index (χ4v) is 5.07.